The van der Waals surface area contributed by atoms with Crippen molar-refractivity contribution in [3.8, 4) is 5.75 Å². The molecule has 9 nitrogen and oxygen atoms in total. The second-order valence-corrected chi connectivity index (χ2v) is 10.3. The lowest BCUT2D eigenvalue weighted by Gasteiger charge is -2.32. The van der Waals surface area contributed by atoms with Crippen LogP contribution in [0, 0.1) is 11.7 Å². The van der Waals surface area contributed by atoms with E-state index in [9.17, 15) is 18.8 Å². The molecular weight excluding hydrogens is 515 g/mol. The molecule has 0 unspecified atom stereocenters. The van der Waals surface area contributed by atoms with Crippen molar-refractivity contribution in [1.29, 1.82) is 0 Å². The van der Waals surface area contributed by atoms with Crippen molar-refractivity contribution in [2.75, 3.05) is 33.4 Å². The summed E-state index contributed by atoms with van der Waals surface area (Å²) in [5.41, 5.74) is 2.46. The Morgan fingerprint density at radius 1 is 1.10 bits per heavy atom. The zero-order valence-corrected chi connectivity index (χ0v) is 22.5. The lowest BCUT2D eigenvalue weighted by atomic mass is 9.89. The maximum absolute atomic E-state index is 13.6. The summed E-state index contributed by atoms with van der Waals surface area (Å²) in [6, 6.07) is 13.2. The first kappa shape index (κ1) is 27.7. The summed E-state index contributed by atoms with van der Waals surface area (Å²) in [7, 11) is 1.60. The van der Waals surface area contributed by atoms with Gasteiger partial charge in [-0.2, -0.15) is 0 Å². The number of ether oxygens (including phenoxy) is 2. The molecule has 0 saturated carbocycles. The Hall–Kier alpha value is -3.89. The number of halogens is 1. The number of likely N-dealkylation sites (tertiary alicyclic amines) is 1. The van der Waals surface area contributed by atoms with Gasteiger partial charge in [0.1, 0.15) is 17.4 Å². The SMILES string of the molecule is COc1ccc(CN(Cc2nc3c(c(=O)[nH]2)COCC3)C(=O)CN2CCC(C(=O)c3ccc(F)cc3)CC2)cc1. The third-order valence-electron chi connectivity index (χ3n) is 7.55. The fourth-order valence-corrected chi connectivity index (χ4v) is 5.23. The number of hydrogen-bond donors (Lipinski definition) is 1. The van der Waals surface area contributed by atoms with Gasteiger partial charge in [0.05, 0.1) is 44.7 Å². The number of aromatic amines is 1. The van der Waals surface area contributed by atoms with Gasteiger partial charge in [-0.25, -0.2) is 9.37 Å². The van der Waals surface area contributed by atoms with E-state index in [1.54, 1.807) is 12.0 Å². The molecule has 2 aromatic carbocycles. The molecule has 40 heavy (non-hydrogen) atoms. The van der Waals surface area contributed by atoms with Gasteiger partial charge in [0.15, 0.2) is 5.78 Å². The molecule has 1 fully saturated rings. The number of carbonyl (C=O) groups excluding carboxylic acids is 2. The standard InChI is InChI=1S/C30H33FN4O5/c1-39-24-8-2-20(3-9-24)16-35(17-27-32-26-12-15-40-19-25(26)30(38)33-27)28(36)18-34-13-10-22(11-14-34)29(37)21-4-6-23(31)7-5-21/h2-9,22H,10-19H2,1H3,(H,32,33,38). The third-order valence-corrected chi connectivity index (χ3v) is 7.55. The quantitative estimate of drug-likeness (QED) is 0.410. The van der Waals surface area contributed by atoms with Crippen LogP contribution < -0.4 is 10.3 Å². The summed E-state index contributed by atoms with van der Waals surface area (Å²) in [6.45, 7) is 2.65. The fraction of sp³-hybridized carbons (Fsp3) is 0.400. The molecule has 0 aliphatic carbocycles. The Morgan fingerprint density at radius 2 is 1.82 bits per heavy atom. The van der Waals surface area contributed by atoms with Crippen LogP contribution in [0.5, 0.6) is 5.75 Å². The van der Waals surface area contributed by atoms with Crippen molar-refractivity contribution in [2.45, 2.75) is 39.0 Å². The van der Waals surface area contributed by atoms with E-state index < -0.39 is 0 Å². The van der Waals surface area contributed by atoms with Gasteiger partial charge in [-0.05, 0) is 67.9 Å². The Labute approximate surface area is 231 Å². The van der Waals surface area contributed by atoms with Crippen LogP contribution in [0.4, 0.5) is 4.39 Å². The number of methoxy groups -OCH3 is 1. The molecule has 2 aliphatic heterocycles. The highest BCUT2D eigenvalue weighted by atomic mass is 19.1. The molecule has 3 aromatic rings. The van der Waals surface area contributed by atoms with E-state index in [-0.39, 0.29) is 48.7 Å². The van der Waals surface area contributed by atoms with Crippen LogP contribution in [0.3, 0.4) is 0 Å². The van der Waals surface area contributed by atoms with Gasteiger partial charge in [-0.15, -0.1) is 0 Å². The van der Waals surface area contributed by atoms with E-state index >= 15 is 0 Å². The van der Waals surface area contributed by atoms with Crippen LogP contribution in [0.1, 0.15) is 45.8 Å². The fourth-order valence-electron chi connectivity index (χ4n) is 5.23. The number of nitrogens with zero attached hydrogens (tertiary/aromatic N) is 3. The molecule has 210 valence electrons. The second kappa shape index (κ2) is 12.5. The second-order valence-electron chi connectivity index (χ2n) is 10.3. The topological polar surface area (TPSA) is 105 Å². The molecule has 0 radical (unpaired) electrons. The number of carbonyl (C=O) groups is 2. The monoisotopic (exact) mass is 548 g/mol. The van der Waals surface area contributed by atoms with Crippen LogP contribution in [-0.4, -0.2) is 64.8 Å². The first-order valence-corrected chi connectivity index (χ1v) is 13.5. The van der Waals surface area contributed by atoms with Gasteiger partial charge in [-0.1, -0.05) is 12.1 Å². The van der Waals surface area contributed by atoms with Crippen LogP contribution in [0.2, 0.25) is 0 Å². The van der Waals surface area contributed by atoms with E-state index in [4.69, 9.17) is 9.47 Å². The molecule has 0 spiro atoms. The summed E-state index contributed by atoms with van der Waals surface area (Å²) in [5.74, 6) is 0.565. The number of nitrogens with one attached hydrogen (secondary N) is 1. The van der Waals surface area contributed by atoms with Crippen molar-refractivity contribution < 1.29 is 23.5 Å². The Kier molecular flexibility index (Phi) is 8.66. The maximum Gasteiger partial charge on any atom is 0.256 e. The van der Waals surface area contributed by atoms with E-state index in [2.05, 4.69) is 14.9 Å². The number of amides is 1. The smallest absolute Gasteiger partial charge is 0.256 e. The van der Waals surface area contributed by atoms with Gasteiger partial charge in [-0.3, -0.25) is 19.3 Å². The molecule has 1 saturated heterocycles. The molecular formula is C30H33FN4O5. The van der Waals surface area contributed by atoms with Crippen molar-refractivity contribution in [2.24, 2.45) is 5.92 Å². The van der Waals surface area contributed by atoms with Gasteiger partial charge >= 0.3 is 0 Å². The number of H-pyrrole nitrogens is 1. The molecule has 2 aliphatic rings. The number of ketones is 1. The lowest BCUT2D eigenvalue weighted by Crippen LogP contribution is -2.44. The van der Waals surface area contributed by atoms with Gasteiger partial charge in [0.2, 0.25) is 5.91 Å². The van der Waals surface area contributed by atoms with Crippen molar-refractivity contribution in [3.63, 3.8) is 0 Å². The summed E-state index contributed by atoms with van der Waals surface area (Å²) in [4.78, 5) is 50.3. The molecule has 5 rings (SSSR count). The molecule has 3 heterocycles. The van der Waals surface area contributed by atoms with E-state index in [0.29, 0.717) is 62.5 Å². The Bertz CT molecular complexity index is 1400. The van der Waals surface area contributed by atoms with Crippen molar-refractivity contribution in [3.05, 3.63) is 92.9 Å². The Balaban J connectivity index is 1.26. The molecule has 1 aromatic heterocycles. The maximum atomic E-state index is 13.6. The van der Waals surface area contributed by atoms with Gasteiger partial charge < -0.3 is 19.4 Å². The number of fused-ring (bicyclic) bond motifs is 1. The first-order valence-electron chi connectivity index (χ1n) is 13.5. The van der Waals surface area contributed by atoms with Crippen LogP contribution in [-0.2, 0) is 35.6 Å². The minimum Gasteiger partial charge on any atom is -0.497 e. The molecule has 1 N–H and O–H groups in total. The summed E-state index contributed by atoms with van der Waals surface area (Å²) >= 11 is 0. The number of aromatic nitrogens is 2. The van der Waals surface area contributed by atoms with Crippen molar-refractivity contribution in [1.82, 2.24) is 19.8 Å². The van der Waals surface area contributed by atoms with E-state index in [0.717, 1.165) is 17.0 Å². The summed E-state index contributed by atoms with van der Waals surface area (Å²) < 4.78 is 23.9. The molecule has 1 amide bonds. The third kappa shape index (κ3) is 6.63. The summed E-state index contributed by atoms with van der Waals surface area (Å²) in [5, 5.41) is 0. The van der Waals surface area contributed by atoms with Crippen molar-refractivity contribution >= 4 is 11.7 Å². The predicted octanol–water partition coefficient (Wildman–Crippen LogP) is 3.11. The largest absolute Gasteiger partial charge is 0.497 e. The van der Waals surface area contributed by atoms with E-state index in [1.807, 2.05) is 24.3 Å². The number of Topliss-reactive ketones (excluding diaryl/α,β-unsaturated/α-hetero) is 1. The normalized spacial score (nSPS) is 15.8. The average Bonchev–Trinajstić information content (AvgIpc) is 2.97. The lowest BCUT2D eigenvalue weighted by molar-refractivity contribution is -0.134. The molecule has 0 atom stereocenters. The first-order chi connectivity index (χ1) is 19.4. The Morgan fingerprint density at radius 3 is 2.52 bits per heavy atom. The highest BCUT2D eigenvalue weighted by molar-refractivity contribution is 5.97. The zero-order chi connectivity index (χ0) is 28.1. The van der Waals surface area contributed by atoms with Gasteiger partial charge in [0.25, 0.3) is 5.56 Å². The number of rotatable bonds is 9. The van der Waals surface area contributed by atoms with Gasteiger partial charge in [0, 0.05) is 24.4 Å². The van der Waals surface area contributed by atoms with E-state index in [1.165, 1.54) is 24.3 Å². The number of piperidine rings is 1. The zero-order valence-electron chi connectivity index (χ0n) is 22.5. The van der Waals surface area contributed by atoms with Crippen LogP contribution in [0.15, 0.2) is 53.3 Å². The average molecular weight is 549 g/mol. The highest BCUT2D eigenvalue weighted by Gasteiger charge is 2.28. The molecule has 0 bridgehead atoms. The predicted molar refractivity (Wildman–Crippen MR) is 145 cm³/mol. The minimum atomic E-state index is -0.368. The number of benzene rings is 2. The van der Waals surface area contributed by atoms with Crippen LogP contribution in [0.25, 0.3) is 0 Å². The summed E-state index contributed by atoms with van der Waals surface area (Å²) in [6.07, 6.45) is 1.82. The molecule has 10 heteroatoms. The number of hydrogen-bond acceptors (Lipinski definition) is 7. The van der Waals surface area contributed by atoms with Crippen LogP contribution >= 0.6 is 0 Å². The highest BCUT2D eigenvalue weighted by Crippen LogP contribution is 2.23. The minimum absolute atomic E-state index is 0.0138.